The van der Waals surface area contributed by atoms with Crippen molar-refractivity contribution in [1.82, 2.24) is 10.0 Å². The third kappa shape index (κ3) is 3.99. The molecule has 2 fully saturated rings. The first-order valence-corrected chi connectivity index (χ1v) is 10.3. The Balaban J connectivity index is 2.04. The van der Waals surface area contributed by atoms with Crippen molar-refractivity contribution in [3.05, 3.63) is 0 Å². The van der Waals surface area contributed by atoms with E-state index in [9.17, 15) is 8.42 Å². The molecule has 5 heteroatoms. The van der Waals surface area contributed by atoms with E-state index in [0.29, 0.717) is 6.04 Å². The Bertz CT molecular complexity index is 412. The summed E-state index contributed by atoms with van der Waals surface area (Å²) < 4.78 is 25.0. The second-order valence-electron chi connectivity index (χ2n) is 6.97. The Morgan fingerprint density at radius 1 is 0.905 bits per heavy atom. The topological polar surface area (TPSA) is 40.6 Å². The minimum Gasteiger partial charge on any atom is -0.238 e. The van der Waals surface area contributed by atoms with Crippen LogP contribution in [0.4, 0.5) is 0 Å². The first-order valence-electron chi connectivity index (χ1n) is 8.66. The number of hydrogen-bond acceptors (Lipinski definition) is 4. The van der Waals surface area contributed by atoms with Gasteiger partial charge < -0.3 is 0 Å². The average molecular weight is 317 g/mol. The molecule has 0 spiro atoms. The predicted octanol–water partition coefficient (Wildman–Crippen LogP) is 3.19. The second kappa shape index (κ2) is 7.42. The highest BCUT2D eigenvalue weighted by atomic mass is 32.2. The zero-order valence-electron chi connectivity index (χ0n) is 13.9. The lowest BCUT2D eigenvalue weighted by molar-refractivity contribution is -0.00683. The number of rotatable bonds is 3. The quantitative estimate of drug-likeness (QED) is 0.802. The second-order valence-corrected chi connectivity index (χ2v) is 9.64. The van der Waals surface area contributed by atoms with Gasteiger partial charge >= 0.3 is 0 Å². The smallest absolute Gasteiger partial charge is 0.169 e. The first kappa shape index (κ1) is 17.2. The van der Waals surface area contributed by atoms with E-state index in [1.54, 1.807) is 13.8 Å². The van der Waals surface area contributed by atoms with Crippen molar-refractivity contribution >= 4 is 9.84 Å². The highest BCUT2D eigenvalue weighted by Crippen LogP contribution is 2.30. The Morgan fingerprint density at radius 3 is 1.95 bits per heavy atom. The molecule has 0 aromatic rings. The molecule has 1 heterocycles. The number of hydrogen-bond donors (Lipinski definition) is 0. The van der Waals surface area contributed by atoms with Gasteiger partial charge in [0.15, 0.2) is 9.84 Å². The predicted molar refractivity (Wildman–Crippen MR) is 87.7 cm³/mol. The van der Waals surface area contributed by atoms with E-state index in [0.717, 1.165) is 13.0 Å². The minimum atomic E-state index is -3.04. The Labute approximate surface area is 130 Å². The third-order valence-corrected chi connectivity index (χ3v) is 7.82. The summed E-state index contributed by atoms with van der Waals surface area (Å²) in [5.74, 6) is 0. The molecular formula is C16H32N2O2S. The van der Waals surface area contributed by atoms with Gasteiger partial charge in [-0.2, -0.15) is 0 Å². The van der Waals surface area contributed by atoms with Gasteiger partial charge in [-0.05, 0) is 33.1 Å². The van der Waals surface area contributed by atoms with Crippen molar-refractivity contribution in [3.63, 3.8) is 0 Å². The Morgan fingerprint density at radius 2 is 1.43 bits per heavy atom. The molecule has 1 unspecified atom stereocenters. The molecule has 2 aliphatic rings. The zero-order chi connectivity index (χ0) is 15.5. The van der Waals surface area contributed by atoms with Crippen LogP contribution in [0.25, 0.3) is 0 Å². The summed E-state index contributed by atoms with van der Waals surface area (Å²) in [6.07, 6.45) is 11.2. The molecule has 1 saturated heterocycles. The van der Waals surface area contributed by atoms with E-state index in [-0.39, 0.29) is 10.6 Å². The normalized spacial score (nSPS) is 28.5. The summed E-state index contributed by atoms with van der Waals surface area (Å²) in [7, 11) is -1.06. The zero-order valence-corrected chi connectivity index (χ0v) is 14.7. The van der Waals surface area contributed by atoms with Crippen LogP contribution >= 0.6 is 0 Å². The molecule has 124 valence electrons. The summed E-state index contributed by atoms with van der Waals surface area (Å²) in [5, 5.41) is 3.80. The lowest BCUT2D eigenvalue weighted by Crippen LogP contribution is -2.47. The minimum absolute atomic E-state index is 0.287. The lowest BCUT2D eigenvalue weighted by Gasteiger charge is -2.35. The summed E-state index contributed by atoms with van der Waals surface area (Å²) >= 11 is 0. The van der Waals surface area contributed by atoms with Crippen molar-refractivity contribution in [2.24, 2.45) is 0 Å². The average Bonchev–Trinajstić information content (AvgIpc) is 2.86. The molecule has 0 amide bonds. The van der Waals surface area contributed by atoms with Gasteiger partial charge in [-0.3, -0.25) is 0 Å². The van der Waals surface area contributed by atoms with Crippen molar-refractivity contribution in [3.8, 4) is 0 Å². The van der Waals surface area contributed by atoms with E-state index in [1.807, 2.05) is 12.1 Å². The molecule has 1 atom stereocenters. The van der Waals surface area contributed by atoms with Crippen LogP contribution in [0.1, 0.15) is 71.6 Å². The van der Waals surface area contributed by atoms with E-state index >= 15 is 0 Å². The largest absolute Gasteiger partial charge is 0.238 e. The molecule has 0 bridgehead atoms. The van der Waals surface area contributed by atoms with Crippen molar-refractivity contribution < 1.29 is 8.42 Å². The first-order chi connectivity index (χ1) is 9.94. The summed E-state index contributed by atoms with van der Waals surface area (Å²) in [5.41, 5.74) is 0. The van der Waals surface area contributed by atoms with Crippen LogP contribution in [0.5, 0.6) is 0 Å². The van der Waals surface area contributed by atoms with E-state index in [2.05, 4.69) is 5.01 Å². The molecule has 4 nitrogen and oxygen atoms in total. The van der Waals surface area contributed by atoms with Crippen molar-refractivity contribution in [1.29, 1.82) is 0 Å². The van der Waals surface area contributed by atoms with Crippen LogP contribution < -0.4 is 0 Å². The molecule has 2 rings (SSSR count). The van der Waals surface area contributed by atoms with Crippen molar-refractivity contribution in [2.75, 3.05) is 13.6 Å². The molecule has 0 radical (unpaired) electrons. The number of sulfone groups is 1. The van der Waals surface area contributed by atoms with Crippen LogP contribution in [0.2, 0.25) is 0 Å². The molecule has 21 heavy (non-hydrogen) atoms. The van der Waals surface area contributed by atoms with E-state index < -0.39 is 9.84 Å². The lowest BCUT2D eigenvalue weighted by atomic mass is 10.0. The van der Waals surface area contributed by atoms with Crippen LogP contribution in [0.3, 0.4) is 0 Å². The third-order valence-electron chi connectivity index (χ3n) is 5.21. The fraction of sp³-hybridized carbons (Fsp3) is 1.00. The monoisotopic (exact) mass is 316 g/mol. The number of hydrazine groups is 1. The van der Waals surface area contributed by atoms with Crippen LogP contribution in [-0.2, 0) is 9.84 Å². The van der Waals surface area contributed by atoms with Crippen LogP contribution in [-0.4, -0.2) is 48.7 Å². The van der Waals surface area contributed by atoms with Gasteiger partial charge in [-0.1, -0.05) is 38.5 Å². The maximum Gasteiger partial charge on any atom is 0.169 e. The number of nitrogens with zero attached hydrogens (tertiary/aromatic N) is 2. The summed E-state index contributed by atoms with van der Waals surface area (Å²) in [6, 6.07) is 0.542. The van der Waals surface area contributed by atoms with Crippen LogP contribution in [0, 0.1) is 0 Å². The van der Waals surface area contributed by atoms with Gasteiger partial charge in [0.25, 0.3) is 0 Å². The fourth-order valence-corrected chi connectivity index (χ4v) is 5.40. The van der Waals surface area contributed by atoms with Crippen molar-refractivity contribution in [2.45, 2.75) is 88.3 Å². The van der Waals surface area contributed by atoms with Gasteiger partial charge in [0.05, 0.1) is 5.25 Å². The summed E-state index contributed by atoms with van der Waals surface area (Å²) in [6.45, 7) is 4.50. The maximum atomic E-state index is 12.5. The Kier molecular flexibility index (Phi) is 6.09. The standard InChI is InChI=1S/C16H32N2O2S/c1-14(2)21(19,20)16-12-13-18(17(16)3)15-10-8-6-4-5-7-9-11-15/h14-16H,4-13H2,1-3H3. The van der Waals surface area contributed by atoms with E-state index in [1.165, 1.54) is 51.4 Å². The van der Waals surface area contributed by atoms with Crippen LogP contribution in [0.15, 0.2) is 0 Å². The summed E-state index contributed by atoms with van der Waals surface area (Å²) in [4.78, 5) is 0. The van der Waals surface area contributed by atoms with E-state index in [4.69, 9.17) is 0 Å². The molecule has 1 saturated carbocycles. The van der Waals surface area contributed by atoms with Gasteiger partial charge in [-0.15, -0.1) is 0 Å². The molecular weight excluding hydrogens is 284 g/mol. The van der Waals surface area contributed by atoms with Gasteiger partial charge in [0.1, 0.15) is 5.37 Å². The molecule has 1 aliphatic carbocycles. The highest BCUT2D eigenvalue weighted by molar-refractivity contribution is 7.92. The molecule has 0 aromatic carbocycles. The molecule has 0 aromatic heterocycles. The highest BCUT2D eigenvalue weighted by Gasteiger charge is 2.41. The van der Waals surface area contributed by atoms with Gasteiger partial charge in [-0.25, -0.2) is 18.4 Å². The SMILES string of the molecule is CC(C)S(=O)(=O)C1CCN(C2CCCCCCCC2)N1C. The molecule has 0 N–H and O–H groups in total. The van der Waals surface area contributed by atoms with Gasteiger partial charge in [0, 0.05) is 19.6 Å². The maximum absolute atomic E-state index is 12.5. The fourth-order valence-electron chi connectivity index (χ4n) is 3.79. The van der Waals surface area contributed by atoms with Gasteiger partial charge in [0.2, 0.25) is 0 Å². The Hall–Kier alpha value is -0.130. The molecule has 1 aliphatic heterocycles.